The van der Waals surface area contributed by atoms with Crippen molar-refractivity contribution in [1.82, 2.24) is 9.78 Å². The number of rotatable bonds is 6. The highest BCUT2D eigenvalue weighted by atomic mass is 32.2. The van der Waals surface area contributed by atoms with Crippen LogP contribution in [-0.2, 0) is 22.0 Å². The monoisotopic (exact) mass is 326 g/mol. The van der Waals surface area contributed by atoms with Crippen LogP contribution >= 0.6 is 0 Å². The Hall–Kier alpha value is -2.40. The molecule has 118 valence electrons. The first-order valence-corrected chi connectivity index (χ1v) is 9.29. The number of nitrogens with zero attached hydrogens (tertiary/aromatic N) is 2. The summed E-state index contributed by atoms with van der Waals surface area (Å²) < 4.78 is 26.2. The smallest absolute Gasteiger partial charge is 0.156 e. The van der Waals surface area contributed by atoms with Crippen LogP contribution in [0, 0.1) is 0 Å². The Morgan fingerprint density at radius 1 is 0.870 bits per heavy atom. The largest absolute Gasteiger partial charge is 0.241 e. The Morgan fingerprint density at radius 3 is 2.22 bits per heavy atom. The number of hydrogen-bond donors (Lipinski definition) is 0. The molecule has 1 heterocycles. The molecule has 0 radical (unpaired) electrons. The van der Waals surface area contributed by atoms with E-state index in [-0.39, 0.29) is 11.5 Å². The van der Waals surface area contributed by atoms with E-state index in [0.717, 1.165) is 11.3 Å². The summed E-state index contributed by atoms with van der Waals surface area (Å²) >= 11 is 0. The fourth-order valence-corrected chi connectivity index (χ4v) is 3.67. The van der Waals surface area contributed by atoms with Crippen molar-refractivity contribution < 1.29 is 8.42 Å². The molecule has 3 rings (SSSR count). The Kier molecular flexibility index (Phi) is 4.57. The van der Waals surface area contributed by atoms with E-state index in [1.54, 1.807) is 16.9 Å². The number of benzene rings is 2. The van der Waals surface area contributed by atoms with Gasteiger partial charge in [-0.3, -0.25) is 0 Å². The fraction of sp³-hybridized carbons (Fsp3) is 0.167. The Bertz CT molecular complexity index is 856. The Balaban J connectivity index is 1.65. The number of aryl methyl sites for hydroxylation is 1. The number of hydrogen-bond acceptors (Lipinski definition) is 3. The lowest BCUT2D eigenvalue weighted by Gasteiger charge is -2.03. The minimum atomic E-state index is -3.18. The minimum Gasteiger partial charge on any atom is -0.241 e. The van der Waals surface area contributed by atoms with Crippen molar-refractivity contribution in [3.05, 3.63) is 84.2 Å². The highest BCUT2D eigenvalue weighted by molar-refractivity contribution is 7.90. The number of sulfone groups is 1. The maximum atomic E-state index is 12.3. The number of para-hydroxylation sites is 1. The van der Waals surface area contributed by atoms with Gasteiger partial charge in [-0.25, -0.2) is 13.1 Å². The first-order chi connectivity index (χ1) is 11.1. The third-order valence-electron chi connectivity index (χ3n) is 3.58. The molecule has 2 aromatic carbocycles. The van der Waals surface area contributed by atoms with Crippen LogP contribution in [0.2, 0.25) is 0 Å². The van der Waals surface area contributed by atoms with Crippen LogP contribution in [0.15, 0.2) is 72.9 Å². The average molecular weight is 326 g/mol. The lowest BCUT2D eigenvalue weighted by Crippen LogP contribution is -2.12. The van der Waals surface area contributed by atoms with E-state index in [9.17, 15) is 8.42 Å². The molecule has 0 N–H and O–H groups in total. The first-order valence-electron chi connectivity index (χ1n) is 7.47. The van der Waals surface area contributed by atoms with Gasteiger partial charge < -0.3 is 0 Å². The van der Waals surface area contributed by atoms with Crippen molar-refractivity contribution in [1.29, 1.82) is 0 Å². The van der Waals surface area contributed by atoms with Crippen LogP contribution in [0.1, 0.15) is 11.3 Å². The molecule has 0 spiro atoms. The lowest BCUT2D eigenvalue weighted by molar-refractivity contribution is 0.593. The van der Waals surface area contributed by atoms with Gasteiger partial charge in [-0.2, -0.15) is 5.10 Å². The molecule has 0 aliphatic carbocycles. The predicted octanol–water partition coefficient (Wildman–Crippen LogP) is 3.03. The maximum absolute atomic E-state index is 12.3. The standard InChI is InChI=1S/C18H18N2O2S/c21-23(22,14-12-16-7-3-1-4-8-16)15-17-11-13-20(19-17)18-9-5-2-6-10-18/h1-11,13H,12,14-15H2. The molecule has 0 aliphatic rings. The summed E-state index contributed by atoms with van der Waals surface area (Å²) in [7, 11) is -3.18. The van der Waals surface area contributed by atoms with Gasteiger partial charge in [0.15, 0.2) is 9.84 Å². The normalized spacial score (nSPS) is 11.5. The topological polar surface area (TPSA) is 52.0 Å². The quantitative estimate of drug-likeness (QED) is 0.699. The van der Waals surface area contributed by atoms with E-state index in [2.05, 4.69) is 5.10 Å². The van der Waals surface area contributed by atoms with E-state index in [4.69, 9.17) is 0 Å². The highest BCUT2D eigenvalue weighted by Crippen LogP contribution is 2.11. The molecule has 1 aromatic heterocycles. The second-order valence-electron chi connectivity index (χ2n) is 5.41. The number of aromatic nitrogens is 2. The Labute approximate surface area is 136 Å². The summed E-state index contributed by atoms with van der Waals surface area (Å²) in [6.07, 6.45) is 2.32. The van der Waals surface area contributed by atoms with Gasteiger partial charge in [0.25, 0.3) is 0 Å². The van der Waals surface area contributed by atoms with E-state index in [1.165, 1.54) is 0 Å². The molecule has 0 amide bonds. The summed E-state index contributed by atoms with van der Waals surface area (Å²) in [6.45, 7) is 0. The van der Waals surface area contributed by atoms with Crippen molar-refractivity contribution in [2.75, 3.05) is 5.75 Å². The average Bonchev–Trinajstić information content (AvgIpc) is 3.03. The lowest BCUT2D eigenvalue weighted by atomic mass is 10.2. The molecule has 3 aromatic rings. The van der Waals surface area contributed by atoms with Crippen molar-refractivity contribution in [3.63, 3.8) is 0 Å². The van der Waals surface area contributed by atoms with Crippen molar-refractivity contribution in [2.45, 2.75) is 12.2 Å². The second-order valence-corrected chi connectivity index (χ2v) is 7.60. The van der Waals surface area contributed by atoms with Gasteiger partial charge >= 0.3 is 0 Å². The molecule has 5 heteroatoms. The SMILES string of the molecule is O=S(=O)(CCc1ccccc1)Cc1ccn(-c2ccccc2)n1. The highest BCUT2D eigenvalue weighted by Gasteiger charge is 2.14. The maximum Gasteiger partial charge on any atom is 0.156 e. The summed E-state index contributed by atoms with van der Waals surface area (Å²) in [5.74, 6) is 0.106. The zero-order valence-corrected chi connectivity index (χ0v) is 13.5. The molecular weight excluding hydrogens is 308 g/mol. The van der Waals surface area contributed by atoms with E-state index < -0.39 is 9.84 Å². The van der Waals surface area contributed by atoms with Gasteiger partial charge in [0.2, 0.25) is 0 Å². The molecule has 0 unspecified atom stereocenters. The zero-order valence-electron chi connectivity index (χ0n) is 12.7. The molecule has 0 atom stereocenters. The van der Waals surface area contributed by atoms with E-state index in [1.807, 2.05) is 60.7 Å². The van der Waals surface area contributed by atoms with Gasteiger partial charge in [0.05, 0.1) is 22.9 Å². The van der Waals surface area contributed by atoms with Crippen LogP contribution in [0.25, 0.3) is 5.69 Å². The van der Waals surface area contributed by atoms with Gasteiger partial charge in [-0.15, -0.1) is 0 Å². The molecule has 23 heavy (non-hydrogen) atoms. The summed E-state index contributed by atoms with van der Waals surface area (Å²) in [4.78, 5) is 0. The molecule has 0 aliphatic heterocycles. The van der Waals surface area contributed by atoms with Crippen LogP contribution in [0.5, 0.6) is 0 Å². The summed E-state index contributed by atoms with van der Waals surface area (Å²) in [5.41, 5.74) is 2.52. The molecule has 0 saturated carbocycles. The third-order valence-corrected chi connectivity index (χ3v) is 5.14. The predicted molar refractivity (Wildman–Crippen MR) is 91.2 cm³/mol. The van der Waals surface area contributed by atoms with Gasteiger partial charge in [-0.05, 0) is 30.2 Å². The molecule has 0 saturated heterocycles. The van der Waals surface area contributed by atoms with Crippen LogP contribution in [0.3, 0.4) is 0 Å². The summed E-state index contributed by atoms with van der Waals surface area (Å²) in [5, 5.41) is 4.36. The first kappa shape index (κ1) is 15.5. The van der Waals surface area contributed by atoms with Gasteiger partial charge in [0.1, 0.15) is 0 Å². The Morgan fingerprint density at radius 2 is 1.52 bits per heavy atom. The van der Waals surface area contributed by atoms with E-state index in [0.29, 0.717) is 12.1 Å². The molecule has 4 nitrogen and oxygen atoms in total. The van der Waals surface area contributed by atoms with Gasteiger partial charge in [-0.1, -0.05) is 48.5 Å². The van der Waals surface area contributed by atoms with Crippen molar-refractivity contribution in [3.8, 4) is 5.69 Å². The summed E-state index contributed by atoms with van der Waals surface area (Å²) in [6, 6.07) is 21.1. The van der Waals surface area contributed by atoms with E-state index >= 15 is 0 Å². The van der Waals surface area contributed by atoms with Crippen LogP contribution in [0.4, 0.5) is 0 Å². The molecule has 0 bridgehead atoms. The molecular formula is C18H18N2O2S. The molecule has 0 fully saturated rings. The minimum absolute atomic E-state index is 0.0281. The van der Waals surface area contributed by atoms with Crippen LogP contribution in [-0.4, -0.2) is 24.0 Å². The third kappa shape index (κ3) is 4.29. The van der Waals surface area contributed by atoms with Crippen LogP contribution < -0.4 is 0 Å². The zero-order chi connectivity index (χ0) is 16.1. The second kappa shape index (κ2) is 6.79. The fourth-order valence-electron chi connectivity index (χ4n) is 2.38. The van der Waals surface area contributed by atoms with Crippen molar-refractivity contribution >= 4 is 9.84 Å². The van der Waals surface area contributed by atoms with Gasteiger partial charge in [0, 0.05) is 6.20 Å². The van der Waals surface area contributed by atoms with Crippen molar-refractivity contribution in [2.24, 2.45) is 0 Å².